The Morgan fingerprint density at radius 3 is 1.12 bits per heavy atom. The van der Waals surface area contributed by atoms with Crippen molar-refractivity contribution >= 4 is 46.0 Å². The monoisotopic (exact) mass is 792 g/mol. The first kappa shape index (κ1) is 35.8. The predicted octanol–water partition coefficient (Wildman–Crippen LogP) is 10.3. The number of halogens is 10. The maximum atomic E-state index is 15.8. The summed E-state index contributed by atoms with van der Waals surface area (Å²) in [5, 5.41) is 0. The van der Waals surface area contributed by atoms with E-state index in [-0.39, 0.29) is 31.2 Å². The SMILES string of the molecule is CCCC(CCC)OB1C(c2c(F)c(F)c(F)c(F)c2F)=C(c2ccccc2)[Te]C(c2ccccc2)=C1c1c(F)c(F)c(F)c(F)c1F. The van der Waals surface area contributed by atoms with Crippen molar-refractivity contribution in [2.75, 3.05) is 0 Å². The molecule has 48 heavy (non-hydrogen) atoms. The van der Waals surface area contributed by atoms with E-state index in [0.717, 1.165) is 0 Å². The maximum absolute atomic E-state index is 15.8. The fraction of sp³-hybridized carbons (Fsp3) is 0.200. The van der Waals surface area contributed by atoms with E-state index < -0.39 is 114 Å². The second-order valence-corrected chi connectivity index (χ2v) is 13.8. The van der Waals surface area contributed by atoms with Crippen LogP contribution in [0.1, 0.15) is 61.8 Å². The Kier molecular flexibility index (Phi) is 11.1. The second kappa shape index (κ2) is 14.9. The molecule has 0 atom stereocenters. The summed E-state index contributed by atoms with van der Waals surface area (Å²) in [6, 6.07) is 15.5. The number of rotatable bonds is 10. The summed E-state index contributed by atoms with van der Waals surface area (Å²) >= 11 is -2.21. The molecule has 0 amide bonds. The van der Waals surface area contributed by atoms with Crippen molar-refractivity contribution in [3.05, 3.63) is 141 Å². The summed E-state index contributed by atoms with van der Waals surface area (Å²) in [6.45, 7) is 1.51. The first-order valence-electron chi connectivity index (χ1n) is 14.9. The van der Waals surface area contributed by atoms with E-state index in [0.29, 0.717) is 12.8 Å². The molecule has 1 aliphatic heterocycles. The van der Waals surface area contributed by atoms with Crippen molar-refractivity contribution < 1.29 is 48.6 Å². The molecule has 0 saturated heterocycles. The van der Waals surface area contributed by atoms with Crippen molar-refractivity contribution in [1.29, 1.82) is 0 Å². The van der Waals surface area contributed by atoms with Gasteiger partial charge in [0.05, 0.1) is 0 Å². The molecule has 1 nitrogen and oxygen atoms in total. The van der Waals surface area contributed by atoms with Gasteiger partial charge in [-0.05, 0) is 0 Å². The van der Waals surface area contributed by atoms with Crippen molar-refractivity contribution in [3.8, 4) is 0 Å². The van der Waals surface area contributed by atoms with Gasteiger partial charge in [-0.3, -0.25) is 0 Å². The van der Waals surface area contributed by atoms with Crippen molar-refractivity contribution in [2.45, 2.75) is 45.6 Å². The zero-order chi connectivity index (χ0) is 34.9. The van der Waals surface area contributed by atoms with E-state index in [2.05, 4.69) is 0 Å². The molecule has 0 spiro atoms. The predicted molar refractivity (Wildman–Crippen MR) is 165 cm³/mol. The van der Waals surface area contributed by atoms with Crippen LogP contribution in [0.5, 0.6) is 0 Å². The first-order valence-corrected chi connectivity index (χ1v) is 17.2. The Morgan fingerprint density at radius 1 is 0.500 bits per heavy atom. The molecule has 4 aromatic rings. The van der Waals surface area contributed by atoms with E-state index in [1.54, 1.807) is 50.2 Å². The molecule has 1 aliphatic rings. The van der Waals surface area contributed by atoms with Gasteiger partial charge in [0, 0.05) is 0 Å². The Balaban J connectivity index is 2.01. The van der Waals surface area contributed by atoms with Crippen LogP contribution >= 0.6 is 0 Å². The quantitative estimate of drug-likeness (QED) is 0.0673. The summed E-state index contributed by atoms with van der Waals surface area (Å²) in [6.07, 6.45) is 0.677. The van der Waals surface area contributed by atoms with E-state index in [9.17, 15) is 26.3 Å². The van der Waals surface area contributed by atoms with Crippen molar-refractivity contribution in [2.24, 2.45) is 0 Å². The van der Waals surface area contributed by atoms with Crippen LogP contribution in [0.2, 0.25) is 0 Å². The van der Waals surface area contributed by atoms with Crippen LogP contribution in [0.25, 0.3) is 18.2 Å². The first-order chi connectivity index (χ1) is 22.9. The van der Waals surface area contributed by atoms with Crippen LogP contribution < -0.4 is 0 Å². The molecule has 0 aliphatic carbocycles. The van der Waals surface area contributed by atoms with Crippen LogP contribution in [0.3, 0.4) is 0 Å². The molecule has 1 heterocycles. The molecule has 5 rings (SSSR count). The number of benzene rings is 4. The number of hydrogen-bond donors (Lipinski definition) is 0. The molecule has 0 fully saturated rings. The van der Waals surface area contributed by atoms with Gasteiger partial charge in [-0.15, -0.1) is 0 Å². The van der Waals surface area contributed by atoms with Gasteiger partial charge in [0.2, 0.25) is 0 Å². The van der Waals surface area contributed by atoms with E-state index in [4.69, 9.17) is 4.65 Å². The molecule has 0 bridgehead atoms. The van der Waals surface area contributed by atoms with Gasteiger partial charge in [-0.2, -0.15) is 0 Å². The third-order valence-electron chi connectivity index (χ3n) is 7.80. The van der Waals surface area contributed by atoms with Gasteiger partial charge in [0.15, 0.2) is 0 Å². The van der Waals surface area contributed by atoms with Gasteiger partial charge in [-0.1, -0.05) is 0 Å². The molecule has 250 valence electrons. The summed E-state index contributed by atoms with van der Waals surface area (Å²) in [4.78, 5) is 0. The van der Waals surface area contributed by atoms with Gasteiger partial charge >= 0.3 is 281 Å². The summed E-state index contributed by atoms with van der Waals surface area (Å²) in [5.74, 6) is -22.9. The van der Waals surface area contributed by atoms with Gasteiger partial charge in [0.25, 0.3) is 0 Å². The number of hydrogen-bond acceptors (Lipinski definition) is 1. The van der Waals surface area contributed by atoms with Crippen LogP contribution in [-0.4, -0.2) is 33.9 Å². The Hall–Kier alpha value is -3.53. The summed E-state index contributed by atoms with van der Waals surface area (Å²) in [7, 11) is 0. The van der Waals surface area contributed by atoms with Gasteiger partial charge in [0.1, 0.15) is 0 Å². The molecule has 0 aromatic heterocycles. The molecule has 0 radical (unpaired) electrons. The normalized spacial score (nSPS) is 13.7. The molecule has 13 heteroatoms. The fourth-order valence-electron chi connectivity index (χ4n) is 5.63. The van der Waals surface area contributed by atoms with Gasteiger partial charge in [-0.25, -0.2) is 0 Å². The fourth-order valence-corrected chi connectivity index (χ4v) is 9.48. The minimum absolute atomic E-state index is 0.0763. The zero-order valence-electron chi connectivity index (χ0n) is 25.4. The molecular formula is C35H25BF10OTe. The summed E-state index contributed by atoms with van der Waals surface area (Å²) < 4.78 is 158. The molecule has 0 unspecified atom stereocenters. The summed E-state index contributed by atoms with van der Waals surface area (Å²) in [5.41, 5.74) is -3.57. The molecule has 4 aromatic carbocycles. The minimum atomic E-state index is -2.43. The average molecular weight is 790 g/mol. The van der Waals surface area contributed by atoms with Crippen LogP contribution in [0.15, 0.2) is 60.7 Å². The third kappa shape index (κ3) is 6.44. The van der Waals surface area contributed by atoms with Gasteiger partial charge < -0.3 is 0 Å². The van der Waals surface area contributed by atoms with E-state index in [1.165, 1.54) is 24.3 Å². The van der Waals surface area contributed by atoms with Crippen LogP contribution in [0.4, 0.5) is 43.9 Å². The van der Waals surface area contributed by atoms with Crippen molar-refractivity contribution in [1.82, 2.24) is 0 Å². The Bertz CT molecular complexity index is 1720. The average Bonchev–Trinajstić information content (AvgIpc) is 3.10. The third-order valence-corrected chi connectivity index (χ3v) is 11.6. The topological polar surface area (TPSA) is 9.23 Å². The van der Waals surface area contributed by atoms with E-state index in [1.807, 2.05) is 0 Å². The van der Waals surface area contributed by atoms with Crippen LogP contribution in [-0.2, 0) is 4.65 Å². The standard InChI is InChI=1S/C35H25BF10OTe/c1-3-11-19(12-4-2)47-36-22(20-24(37)28(41)32(45)29(42)25(20)38)34(17-13-7-5-8-14-17)48-35(18-15-9-6-10-16-18)23(36)21-26(39)30(43)33(46)31(44)27(21)40/h5-10,13-16,19H,3-4,11-12H2,1-2H3. The van der Waals surface area contributed by atoms with E-state index >= 15 is 17.6 Å². The molecule has 0 N–H and O–H groups in total. The molecule has 0 saturated carbocycles. The van der Waals surface area contributed by atoms with Crippen LogP contribution in [0, 0.1) is 58.2 Å². The second-order valence-electron chi connectivity index (χ2n) is 10.9. The molecular weight excluding hydrogens is 765 g/mol. The van der Waals surface area contributed by atoms with Crippen molar-refractivity contribution in [3.63, 3.8) is 0 Å². The Labute approximate surface area is 280 Å². The zero-order valence-corrected chi connectivity index (χ0v) is 27.7. The Morgan fingerprint density at radius 2 is 0.812 bits per heavy atom.